The van der Waals surface area contributed by atoms with Crippen LogP contribution in [0.25, 0.3) is 0 Å². The van der Waals surface area contributed by atoms with Gasteiger partial charge in [-0.25, -0.2) is 0 Å². The van der Waals surface area contributed by atoms with E-state index in [0.717, 1.165) is 22.8 Å². The van der Waals surface area contributed by atoms with Crippen LogP contribution >= 0.6 is 11.6 Å². The van der Waals surface area contributed by atoms with Gasteiger partial charge in [0.25, 0.3) is 0 Å². The summed E-state index contributed by atoms with van der Waals surface area (Å²) in [6.45, 7) is 3.33. The number of aliphatic hydroxyl groups is 1. The molecule has 1 aromatic rings. The molecule has 0 amide bonds. The zero-order valence-electron chi connectivity index (χ0n) is 9.24. The average molecular weight is 242 g/mol. The number of rotatable bonds is 3. The van der Waals surface area contributed by atoms with Gasteiger partial charge in [0, 0.05) is 18.1 Å². The molecule has 0 bridgehead atoms. The van der Waals surface area contributed by atoms with Gasteiger partial charge in [0.05, 0.1) is 0 Å². The second-order valence-corrected chi connectivity index (χ2v) is 4.40. The van der Waals surface area contributed by atoms with Crippen LogP contribution in [-0.2, 0) is 6.42 Å². The van der Waals surface area contributed by atoms with Crippen LogP contribution in [0.15, 0.2) is 18.2 Å². The van der Waals surface area contributed by atoms with Crippen molar-refractivity contribution in [2.24, 2.45) is 0 Å². The predicted molar refractivity (Wildman–Crippen MR) is 64.1 cm³/mol. The molecule has 2 atom stereocenters. The topological polar surface area (TPSA) is 41.5 Å². The first-order valence-corrected chi connectivity index (χ1v) is 5.92. The van der Waals surface area contributed by atoms with Gasteiger partial charge in [-0.1, -0.05) is 18.5 Å². The Morgan fingerprint density at radius 3 is 2.94 bits per heavy atom. The second kappa shape index (κ2) is 5.04. The summed E-state index contributed by atoms with van der Waals surface area (Å²) in [4.78, 5) is 0. The van der Waals surface area contributed by atoms with Gasteiger partial charge in [-0.2, -0.15) is 0 Å². The summed E-state index contributed by atoms with van der Waals surface area (Å²) in [5.41, 5.74) is 1.07. The fraction of sp³-hybridized carbons (Fsp3) is 0.500. The van der Waals surface area contributed by atoms with E-state index in [1.807, 2.05) is 18.2 Å². The van der Waals surface area contributed by atoms with Crippen LogP contribution in [0.5, 0.6) is 5.75 Å². The van der Waals surface area contributed by atoms with Crippen LogP contribution in [0, 0.1) is 0 Å². The van der Waals surface area contributed by atoms with Crippen molar-refractivity contribution in [3.8, 4) is 5.75 Å². The lowest BCUT2D eigenvalue weighted by Gasteiger charge is -2.17. The minimum absolute atomic E-state index is 0.161. The molecule has 0 aromatic heterocycles. The van der Waals surface area contributed by atoms with Crippen molar-refractivity contribution in [1.29, 1.82) is 0 Å². The average Bonchev–Trinajstić information content (AvgIpc) is 2.67. The Labute approximate surface area is 100 Å². The third-order valence-electron chi connectivity index (χ3n) is 2.81. The molecule has 1 aromatic carbocycles. The van der Waals surface area contributed by atoms with Gasteiger partial charge in [-0.05, 0) is 30.2 Å². The molecule has 2 rings (SSSR count). The fourth-order valence-electron chi connectivity index (χ4n) is 1.83. The van der Waals surface area contributed by atoms with Crippen LogP contribution in [0.2, 0.25) is 5.02 Å². The Kier molecular flexibility index (Phi) is 3.69. The second-order valence-electron chi connectivity index (χ2n) is 3.99. The molecule has 1 heterocycles. The van der Waals surface area contributed by atoms with E-state index < -0.39 is 6.10 Å². The van der Waals surface area contributed by atoms with Gasteiger partial charge in [0.1, 0.15) is 18.0 Å². The van der Waals surface area contributed by atoms with Gasteiger partial charge in [0.2, 0.25) is 0 Å². The number of hydrogen-bond acceptors (Lipinski definition) is 3. The largest absolute Gasteiger partial charge is 0.486 e. The lowest BCUT2D eigenvalue weighted by molar-refractivity contribution is 0.0737. The Hall–Kier alpha value is -0.770. The summed E-state index contributed by atoms with van der Waals surface area (Å²) in [5.74, 6) is 0.772. The molecule has 0 radical (unpaired) electrons. The molecule has 2 unspecified atom stereocenters. The molecule has 0 aliphatic carbocycles. The molecule has 1 aliphatic heterocycles. The van der Waals surface area contributed by atoms with E-state index in [0.29, 0.717) is 13.1 Å². The highest BCUT2D eigenvalue weighted by molar-refractivity contribution is 6.31. The Morgan fingerprint density at radius 1 is 1.50 bits per heavy atom. The van der Waals surface area contributed by atoms with E-state index in [2.05, 4.69) is 12.2 Å². The highest BCUT2D eigenvalue weighted by atomic mass is 35.5. The molecular weight excluding hydrogens is 226 g/mol. The summed E-state index contributed by atoms with van der Waals surface area (Å²) in [7, 11) is 0. The number of aryl methyl sites for hydroxylation is 1. The van der Waals surface area contributed by atoms with Crippen LogP contribution < -0.4 is 10.1 Å². The maximum atomic E-state index is 9.62. The van der Waals surface area contributed by atoms with Crippen molar-refractivity contribution in [2.75, 3.05) is 13.1 Å². The molecule has 88 valence electrons. The van der Waals surface area contributed by atoms with Gasteiger partial charge in [-0.3, -0.25) is 0 Å². The molecule has 2 N–H and O–H groups in total. The summed E-state index contributed by atoms with van der Waals surface area (Å²) in [5, 5.41) is 13.5. The van der Waals surface area contributed by atoms with Gasteiger partial charge < -0.3 is 15.2 Å². The highest BCUT2D eigenvalue weighted by Gasteiger charge is 2.26. The highest BCUT2D eigenvalue weighted by Crippen LogP contribution is 2.24. The Balaban J connectivity index is 2.09. The first-order chi connectivity index (χ1) is 7.70. The lowest BCUT2D eigenvalue weighted by atomic mass is 10.1. The van der Waals surface area contributed by atoms with E-state index in [9.17, 15) is 5.11 Å². The third kappa shape index (κ3) is 2.48. The third-order valence-corrected chi connectivity index (χ3v) is 3.18. The molecule has 4 heteroatoms. The van der Waals surface area contributed by atoms with Gasteiger partial charge in [0.15, 0.2) is 0 Å². The summed E-state index contributed by atoms with van der Waals surface area (Å²) < 4.78 is 5.71. The summed E-state index contributed by atoms with van der Waals surface area (Å²) >= 11 is 6.02. The van der Waals surface area contributed by atoms with Gasteiger partial charge >= 0.3 is 0 Å². The molecule has 1 aliphatic rings. The SMILES string of the molecule is CCc1cc(OC2CNCC2O)ccc1Cl. The smallest absolute Gasteiger partial charge is 0.138 e. The van der Waals surface area contributed by atoms with E-state index in [1.165, 1.54) is 0 Å². The first kappa shape index (κ1) is 11.7. The maximum Gasteiger partial charge on any atom is 0.138 e. The predicted octanol–water partition coefficient (Wildman–Crippen LogP) is 1.61. The van der Waals surface area contributed by atoms with Crippen LogP contribution in [-0.4, -0.2) is 30.4 Å². The molecule has 0 saturated carbocycles. The number of ether oxygens (including phenoxy) is 1. The van der Waals surface area contributed by atoms with Crippen LogP contribution in [0.1, 0.15) is 12.5 Å². The number of nitrogens with one attached hydrogen (secondary N) is 1. The van der Waals surface area contributed by atoms with E-state index in [4.69, 9.17) is 16.3 Å². The van der Waals surface area contributed by atoms with Crippen molar-refractivity contribution < 1.29 is 9.84 Å². The number of benzene rings is 1. The van der Waals surface area contributed by atoms with E-state index in [1.54, 1.807) is 0 Å². The summed E-state index contributed by atoms with van der Waals surface area (Å²) in [6.07, 6.45) is 0.285. The number of β-amino-alcohol motifs (C(OH)–C–C–N with tert-alkyl or cyclic N) is 1. The maximum absolute atomic E-state index is 9.62. The van der Waals surface area contributed by atoms with Crippen molar-refractivity contribution in [1.82, 2.24) is 5.32 Å². The molecule has 16 heavy (non-hydrogen) atoms. The minimum Gasteiger partial charge on any atom is -0.486 e. The van der Waals surface area contributed by atoms with E-state index in [-0.39, 0.29) is 6.10 Å². The lowest BCUT2D eigenvalue weighted by Crippen LogP contribution is -2.29. The quantitative estimate of drug-likeness (QED) is 0.845. The Bertz CT molecular complexity index is 370. The number of halogens is 1. The van der Waals surface area contributed by atoms with Crippen molar-refractivity contribution in [3.63, 3.8) is 0 Å². The molecule has 0 spiro atoms. The molecule has 1 saturated heterocycles. The standard InChI is InChI=1S/C12H16ClNO2/c1-2-8-5-9(3-4-10(8)13)16-12-7-14-6-11(12)15/h3-5,11-12,14-15H,2,6-7H2,1H3. The van der Waals surface area contributed by atoms with Crippen molar-refractivity contribution in [3.05, 3.63) is 28.8 Å². The molecule has 3 nitrogen and oxygen atoms in total. The number of aliphatic hydroxyl groups excluding tert-OH is 1. The first-order valence-electron chi connectivity index (χ1n) is 5.54. The van der Waals surface area contributed by atoms with Crippen molar-refractivity contribution >= 4 is 11.6 Å². The van der Waals surface area contributed by atoms with Crippen molar-refractivity contribution in [2.45, 2.75) is 25.6 Å². The zero-order valence-corrected chi connectivity index (χ0v) is 10.00. The van der Waals surface area contributed by atoms with Gasteiger partial charge in [-0.15, -0.1) is 0 Å². The fourth-order valence-corrected chi connectivity index (χ4v) is 2.08. The summed E-state index contributed by atoms with van der Waals surface area (Å²) in [6, 6.07) is 5.62. The number of hydrogen-bond donors (Lipinski definition) is 2. The Morgan fingerprint density at radius 2 is 2.31 bits per heavy atom. The monoisotopic (exact) mass is 241 g/mol. The van der Waals surface area contributed by atoms with Crippen LogP contribution in [0.3, 0.4) is 0 Å². The molecule has 1 fully saturated rings. The van der Waals surface area contributed by atoms with Crippen LogP contribution in [0.4, 0.5) is 0 Å². The molecular formula is C12H16ClNO2. The van der Waals surface area contributed by atoms with E-state index >= 15 is 0 Å². The minimum atomic E-state index is -0.430. The normalized spacial score (nSPS) is 24.7. The zero-order chi connectivity index (χ0) is 11.5.